The zero-order chi connectivity index (χ0) is 39.5. The molecule has 2 aliphatic heterocycles. The molecule has 57 heavy (non-hydrogen) atoms. The summed E-state index contributed by atoms with van der Waals surface area (Å²) >= 11 is 1.61. The second-order valence-corrected chi connectivity index (χ2v) is 15.7. The van der Waals surface area contributed by atoms with Crippen molar-refractivity contribution in [2.75, 3.05) is 34.3 Å². The molecule has 0 aliphatic carbocycles. The molecule has 292 valence electrons. The number of H-pyrrole nitrogens is 2. The van der Waals surface area contributed by atoms with Crippen molar-refractivity contribution in [1.29, 1.82) is 0 Å². The van der Waals surface area contributed by atoms with E-state index >= 15 is 0 Å². The Hall–Kier alpha value is -6.05. The Morgan fingerprint density at radius 3 is 1.75 bits per heavy atom. The number of carbonyl (C=O) groups excluding carboxylic acids is 3. The standard InChI is InChI=1S/C44H46N8O4S/c1-50(2)39(37-14-9-25-57-37)43(54)52-24-8-13-36(52)41-46-27-34(48-41)31-21-17-29(18-22-31)28-15-19-30(20-16-28)33-26-45-40(47-33)35-12-7-23-51(35)42(53)38(49-44(55)56-3)32-10-5-4-6-11-32/h4-6,9-11,14-22,25-27,35-36,38-39H,7-8,12-13,23-24H2,1-3H3,(H,45,47)(H,46,48)(H,49,55)/t35-,36-,38+,39?/m0/s1. The fraction of sp³-hybridized carbons (Fsp3) is 0.295. The molecule has 4 atom stereocenters. The van der Waals surface area contributed by atoms with Gasteiger partial charge in [-0.25, -0.2) is 14.8 Å². The van der Waals surface area contributed by atoms with Crippen LogP contribution in [0.2, 0.25) is 0 Å². The monoisotopic (exact) mass is 782 g/mol. The van der Waals surface area contributed by atoms with Crippen molar-refractivity contribution in [1.82, 2.24) is 40.0 Å². The van der Waals surface area contributed by atoms with Gasteiger partial charge in [0.15, 0.2) is 0 Å². The first-order chi connectivity index (χ1) is 27.8. The number of alkyl carbamates (subject to hydrolysis) is 1. The zero-order valence-electron chi connectivity index (χ0n) is 32.2. The number of rotatable bonds is 11. The van der Waals surface area contributed by atoms with Crippen molar-refractivity contribution in [3.8, 4) is 33.6 Å². The van der Waals surface area contributed by atoms with E-state index in [-0.39, 0.29) is 29.9 Å². The predicted octanol–water partition coefficient (Wildman–Crippen LogP) is 7.92. The molecule has 0 radical (unpaired) electrons. The molecule has 8 rings (SSSR count). The summed E-state index contributed by atoms with van der Waals surface area (Å²) in [5.41, 5.74) is 6.63. The first-order valence-electron chi connectivity index (χ1n) is 19.3. The lowest BCUT2D eigenvalue weighted by atomic mass is 10.0. The van der Waals surface area contributed by atoms with Crippen LogP contribution in [0.1, 0.15) is 71.9 Å². The molecule has 6 aromatic rings. The number of methoxy groups -OCH3 is 1. The number of aromatic amines is 2. The minimum absolute atomic E-state index is 0.0840. The smallest absolute Gasteiger partial charge is 0.407 e. The molecule has 0 bridgehead atoms. The van der Waals surface area contributed by atoms with Gasteiger partial charge in [-0.2, -0.15) is 0 Å². The van der Waals surface area contributed by atoms with Gasteiger partial charge in [0.1, 0.15) is 23.7 Å². The van der Waals surface area contributed by atoms with Gasteiger partial charge in [-0.1, -0.05) is 84.9 Å². The molecule has 5 heterocycles. The SMILES string of the molecule is COC(=O)N[C@@H](C(=O)N1CCC[C@H]1c1ncc(-c2ccc(-c3ccc(-c4cnc([C@@H]5CCCN5C(=O)C(c5cccs5)N(C)C)[nH]4)cc3)cc2)[nH]1)c1ccccc1. The summed E-state index contributed by atoms with van der Waals surface area (Å²) in [5, 5.41) is 4.74. The highest BCUT2D eigenvalue weighted by atomic mass is 32.1. The topological polar surface area (TPSA) is 140 Å². The van der Waals surface area contributed by atoms with Gasteiger partial charge in [0.25, 0.3) is 5.91 Å². The lowest BCUT2D eigenvalue weighted by Crippen LogP contribution is -2.42. The first kappa shape index (κ1) is 37.9. The fourth-order valence-electron chi connectivity index (χ4n) is 8.10. The third-order valence-electron chi connectivity index (χ3n) is 11.0. The van der Waals surface area contributed by atoms with Gasteiger partial charge in [0.05, 0.1) is 43.0 Å². The van der Waals surface area contributed by atoms with Gasteiger partial charge in [-0.15, -0.1) is 11.3 Å². The summed E-state index contributed by atoms with van der Waals surface area (Å²) in [7, 11) is 5.20. The number of aromatic nitrogens is 4. The number of likely N-dealkylation sites (tertiary alicyclic amines) is 2. The number of nitrogens with one attached hydrogen (secondary N) is 3. The minimum atomic E-state index is -0.870. The molecule has 2 saturated heterocycles. The number of ether oxygens (including phenoxy) is 1. The van der Waals surface area contributed by atoms with Gasteiger partial charge < -0.3 is 29.8 Å². The Bertz CT molecular complexity index is 2300. The van der Waals surface area contributed by atoms with Crippen molar-refractivity contribution < 1.29 is 19.1 Å². The highest BCUT2D eigenvalue weighted by molar-refractivity contribution is 7.10. The quantitative estimate of drug-likeness (QED) is 0.121. The van der Waals surface area contributed by atoms with Crippen LogP contribution < -0.4 is 5.32 Å². The highest BCUT2D eigenvalue weighted by Crippen LogP contribution is 2.37. The zero-order valence-corrected chi connectivity index (χ0v) is 33.0. The molecule has 0 spiro atoms. The van der Waals surface area contributed by atoms with Crippen LogP contribution >= 0.6 is 11.3 Å². The third kappa shape index (κ3) is 7.85. The highest BCUT2D eigenvalue weighted by Gasteiger charge is 2.38. The molecule has 2 aliphatic rings. The van der Waals surface area contributed by atoms with Gasteiger partial charge in [-0.05, 0) is 79.0 Å². The molecule has 3 aromatic carbocycles. The average molecular weight is 783 g/mol. The van der Waals surface area contributed by atoms with Crippen molar-refractivity contribution in [3.63, 3.8) is 0 Å². The lowest BCUT2D eigenvalue weighted by Gasteiger charge is -2.30. The van der Waals surface area contributed by atoms with E-state index in [1.165, 1.54) is 7.11 Å². The number of carbonyl (C=O) groups is 3. The number of hydrogen-bond donors (Lipinski definition) is 3. The van der Waals surface area contributed by atoms with Crippen LogP contribution in [0.4, 0.5) is 4.79 Å². The average Bonchev–Trinajstić information content (AvgIpc) is 4.09. The van der Waals surface area contributed by atoms with Crippen LogP contribution in [0.3, 0.4) is 0 Å². The molecule has 0 saturated carbocycles. The van der Waals surface area contributed by atoms with Gasteiger partial charge in [-0.3, -0.25) is 14.5 Å². The third-order valence-corrected chi connectivity index (χ3v) is 11.9. The maximum absolute atomic E-state index is 13.9. The van der Waals surface area contributed by atoms with E-state index < -0.39 is 12.1 Å². The van der Waals surface area contributed by atoms with Gasteiger partial charge in [0, 0.05) is 18.0 Å². The number of thiophene rings is 1. The van der Waals surface area contributed by atoms with E-state index in [9.17, 15) is 14.4 Å². The van der Waals surface area contributed by atoms with Gasteiger partial charge >= 0.3 is 6.09 Å². The number of amides is 3. The number of nitrogens with zero attached hydrogens (tertiary/aromatic N) is 5. The van der Waals surface area contributed by atoms with Crippen LogP contribution in [0.25, 0.3) is 33.6 Å². The number of hydrogen-bond acceptors (Lipinski definition) is 8. The molecule has 3 aromatic heterocycles. The van der Waals surface area contributed by atoms with Crippen LogP contribution in [-0.4, -0.2) is 86.8 Å². The Kier molecular flexibility index (Phi) is 11.0. The summed E-state index contributed by atoms with van der Waals surface area (Å²) in [5.74, 6) is 1.44. The van der Waals surface area contributed by atoms with Crippen molar-refractivity contribution in [2.24, 2.45) is 0 Å². The summed E-state index contributed by atoms with van der Waals surface area (Å²) < 4.78 is 4.83. The molecule has 13 heteroatoms. The predicted molar refractivity (Wildman–Crippen MR) is 220 cm³/mol. The molecular formula is C44H46N8O4S. The van der Waals surface area contributed by atoms with E-state index in [4.69, 9.17) is 14.7 Å². The second kappa shape index (κ2) is 16.6. The van der Waals surface area contributed by atoms with Gasteiger partial charge in [0.2, 0.25) is 5.91 Å². The van der Waals surface area contributed by atoms with E-state index in [0.717, 1.165) is 76.6 Å². The summed E-state index contributed by atoms with van der Waals surface area (Å²) in [4.78, 5) is 63.2. The molecule has 3 amide bonds. The molecular weight excluding hydrogens is 737 g/mol. The van der Waals surface area contributed by atoms with E-state index in [2.05, 4.69) is 63.8 Å². The number of benzene rings is 3. The summed E-state index contributed by atoms with van der Waals surface area (Å²) in [6.07, 6.45) is 6.42. The molecule has 12 nitrogen and oxygen atoms in total. The Labute approximate surface area is 335 Å². The van der Waals surface area contributed by atoms with Crippen LogP contribution in [0.15, 0.2) is 109 Å². The molecule has 3 N–H and O–H groups in total. The minimum Gasteiger partial charge on any atom is -0.453 e. The fourth-order valence-corrected chi connectivity index (χ4v) is 9.01. The molecule has 2 fully saturated rings. The maximum Gasteiger partial charge on any atom is 0.407 e. The Morgan fingerprint density at radius 2 is 1.26 bits per heavy atom. The van der Waals surface area contributed by atoms with Crippen molar-refractivity contribution >= 4 is 29.2 Å². The largest absolute Gasteiger partial charge is 0.453 e. The molecule has 1 unspecified atom stereocenters. The Balaban J connectivity index is 0.929. The number of likely N-dealkylation sites (N-methyl/N-ethyl adjacent to an activating group) is 1. The normalized spacial score (nSPS) is 17.8. The van der Waals surface area contributed by atoms with Crippen LogP contribution in [0.5, 0.6) is 0 Å². The van der Waals surface area contributed by atoms with Crippen LogP contribution in [-0.2, 0) is 14.3 Å². The summed E-state index contributed by atoms with van der Waals surface area (Å²) in [6, 6.07) is 28.5. The van der Waals surface area contributed by atoms with Crippen molar-refractivity contribution in [3.05, 3.63) is 131 Å². The summed E-state index contributed by atoms with van der Waals surface area (Å²) in [6.45, 7) is 1.28. The Morgan fingerprint density at radius 1 is 0.737 bits per heavy atom. The number of imidazole rings is 2. The van der Waals surface area contributed by atoms with E-state index in [1.54, 1.807) is 16.2 Å². The van der Waals surface area contributed by atoms with Crippen molar-refractivity contribution in [2.45, 2.75) is 49.9 Å². The van der Waals surface area contributed by atoms with E-state index in [0.29, 0.717) is 17.9 Å². The maximum atomic E-state index is 13.9. The van der Waals surface area contributed by atoms with E-state index in [1.807, 2.05) is 84.1 Å². The lowest BCUT2D eigenvalue weighted by molar-refractivity contribution is -0.137. The van der Waals surface area contributed by atoms with Crippen LogP contribution in [0, 0.1) is 0 Å². The second-order valence-electron chi connectivity index (χ2n) is 14.8. The first-order valence-corrected chi connectivity index (χ1v) is 20.2.